The van der Waals surface area contributed by atoms with Crippen LogP contribution in [0.3, 0.4) is 0 Å². The molecule has 1 rings (SSSR count). The van der Waals surface area contributed by atoms with Crippen molar-refractivity contribution in [2.75, 3.05) is 14.1 Å². The number of ketones is 1. The lowest BCUT2D eigenvalue weighted by Gasteiger charge is -2.31. The summed E-state index contributed by atoms with van der Waals surface area (Å²) in [7, 11) is 3.76. The van der Waals surface area contributed by atoms with Gasteiger partial charge in [0, 0.05) is 6.54 Å². The topological polar surface area (TPSA) is 38.1 Å². The van der Waals surface area contributed by atoms with E-state index in [4.69, 9.17) is 11.6 Å². The minimum atomic E-state index is -0.588. The second-order valence-electron chi connectivity index (χ2n) is 4.85. The molecule has 0 N–H and O–H groups in total. The summed E-state index contributed by atoms with van der Waals surface area (Å²) in [5.41, 5.74) is -0.0814. The van der Waals surface area contributed by atoms with Gasteiger partial charge >= 0.3 is 0 Å². The van der Waals surface area contributed by atoms with Crippen molar-refractivity contribution in [3.63, 3.8) is 0 Å². The largest absolute Gasteiger partial charge is 0.297 e. The number of aromatic nitrogens is 2. The molecule has 0 aliphatic heterocycles. The van der Waals surface area contributed by atoms with Crippen LogP contribution in [-0.4, -0.2) is 40.1 Å². The highest BCUT2D eigenvalue weighted by Crippen LogP contribution is 2.23. The summed E-state index contributed by atoms with van der Waals surface area (Å²) < 4.78 is 1.69. The maximum atomic E-state index is 12.5. The molecule has 1 aromatic rings. The van der Waals surface area contributed by atoms with Gasteiger partial charge in [-0.1, -0.05) is 18.5 Å². The van der Waals surface area contributed by atoms with E-state index < -0.39 is 5.54 Å². The molecule has 96 valence electrons. The first-order valence-electron chi connectivity index (χ1n) is 5.75. The molecular formula is C12H20ClN3O. The van der Waals surface area contributed by atoms with Crippen molar-refractivity contribution in [3.05, 3.63) is 16.9 Å². The molecule has 0 aliphatic carbocycles. The molecule has 0 radical (unpaired) electrons. The zero-order valence-electron chi connectivity index (χ0n) is 11.1. The first-order chi connectivity index (χ1) is 7.82. The van der Waals surface area contributed by atoms with Gasteiger partial charge in [-0.05, 0) is 34.4 Å². The minimum Gasteiger partial charge on any atom is -0.297 e. The maximum Gasteiger partial charge on any atom is 0.201 e. The number of halogens is 1. The Morgan fingerprint density at radius 2 is 2.12 bits per heavy atom. The number of carbonyl (C=O) groups is 1. The van der Waals surface area contributed by atoms with E-state index in [2.05, 4.69) is 5.10 Å². The molecule has 0 bridgehead atoms. The van der Waals surface area contributed by atoms with Crippen LogP contribution < -0.4 is 0 Å². The third-order valence-electron chi connectivity index (χ3n) is 3.12. The molecule has 0 amide bonds. The smallest absolute Gasteiger partial charge is 0.201 e. The Labute approximate surface area is 108 Å². The lowest BCUT2D eigenvalue weighted by Crippen LogP contribution is -2.46. The number of hydrogen-bond acceptors (Lipinski definition) is 3. The number of aryl methyl sites for hydroxylation is 1. The molecule has 0 saturated heterocycles. The van der Waals surface area contributed by atoms with Gasteiger partial charge < -0.3 is 0 Å². The van der Waals surface area contributed by atoms with Crippen LogP contribution in [0.2, 0.25) is 5.02 Å². The maximum absolute atomic E-state index is 12.5. The summed E-state index contributed by atoms with van der Waals surface area (Å²) in [4.78, 5) is 14.4. The summed E-state index contributed by atoms with van der Waals surface area (Å²) in [6.07, 6.45) is 2.46. The molecular weight excluding hydrogens is 238 g/mol. The number of hydrogen-bond donors (Lipinski definition) is 0. The summed E-state index contributed by atoms with van der Waals surface area (Å²) in [6.45, 7) is 6.52. The minimum absolute atomic E-state index is 0.00144. The van der Waals surface area contributed by atoms with Gasteiger partial charge in [-0.3, -0.25) is 14.4 Å². The highest BCUT2D eigenvalue weighted by molar-refractivity contribution is 6.34. The Bertz CT molecular complexity index is 410. The predicted molar refractivity (Wildman–Crippen MR) is 69.6 cm³/mol. The van der Waals surface area contributed by atoms with Gasteiger partial charge in [-0.2, -0.15) is 5.10 Å². The van der Waals surface area contributed by atoms with Crippen LogP contribution in [0.5, 0.6) is 0 Å². The van der Waals surface area contributed by atoms with Crippen LogP contribution in [0, 0.1) is 0 Å². The molecule has 5 heteroatoms. The summed E-state index contributed by atoms with van der Waals surface area (Å²) >= 11 is 6.06. The van der Waals surface area contributed by atoms with Crippen molar-refractivity contribution in [3.8, 4) is 0 Å². The van der Waals surface area contributed by atoms with E-state index in [1.807, 2.05) is 39.8 Å². The van der Waals surface area contributed by atoms with E-state index in [0.29, 0.717) is 17.3 Å². The van der Waals surface area contributed by atoms with Gasteiger partial charge in [-0.15, -0.1) is 0 Å². The van der Waals surface area contributed by atoms with E-state index in [0.717, 1.165) is 6.42 Å². The molecule has 1 heterocycles. The monoisotopic (exact) mass is 257 g/mol. The first kappa shape index (κ1) is 14.2. The van der Waals surface area contributed by atoms with Crippen LogP contribution >= 0.6 is 11.6 Å². The highest BCUT2D eigenvalue weighted by atomic mass is 35.5. The van der Waals surface area contributed by atoms with Crippen LogP contribution in [0.25, 0.3) is 0 Å². The van der Waals surface area contributed by atoms with Crippen LogP contribution in [-0.2, 0) is 6.54 Å². The van der Waals surface area contributed by atoms with E-state index in [9.17, 15) is 4.79 Å². The third-order valence-corrected chi connectivity index (χ3v) is 3.40. The lowest BCUT2D eigenvalue weighted by atomic mass is 9.95. The molecule has 0 aromatic carbocycles. The summed E-state index contributed by atoms with van der Waals surface area (Å²) in [5.74, 6) is -0.00144. The summed E-state index contributed by atoms with van der Waals surface area (Å²) in [5, 5.41) is 4.57. The molecule has 17 heavy (non-hydrogen) atoms. The third kappa shape index (κ3) is 2.69. The molecule has 0 saturated carbocycles. The van der Waals surface area contributed by atoms with Gasteiger partial charge in [-0.25, -0.2) is 0 Å². The number of rotatable bonds is 5. The van der Waals surface area contributed by atoms with Crippen molar-refractivity contribution in [2.45, 2.75) is 39.3 Å². The second kappa shape index (κ2) is 5.19. The normalized spacial score (nSPS) is 12.2. The molecule has 1 aromatic heterocycles. The zero-order chi connectivity index (χ0) is 13.2. The predicted octanol–water partition coefficient (Wildman–Crippen LogP) is 2.47. The fourth-order valence-corrected chi connectivity index (χ4v) is 1.69. The summed E-state index contributed by atoms with van der Waals surface area (Å²) in [6, 6.07) is 0. The van der Waals surface area contributed by atoms with Gasteiger partial charge in [0.2, 0.25) is 5.78 Å². The molecule has 0 aliphatic rings. The fourth-order valence-electron chi connectivity index (χ4n) is 1.46. The molecule has 0 atom stereocenters. The van der Waals surface area contributed by atoms with Gasteiger partial charge in [0.1, 0.15) is 5.69 Å². The van der Waals surface area contributed by atoms with E-state index >= 15 is 0 Å². The van der Waals surface area contributed by atoms with Crippen LogP contribution in [0.15, 0.2) is 6.20 Å². The van der Waals surface area contributed by atoms with E-state index in [-0.39, 0.29) is 5.78 Å². The average molecular weight is 258 g/mol. The van der Waals surface area contributed by atoms with Crippen molar-refractivity contribution < 1.29 is 4.79 Å². The van der Waals surface area contributed by atoms with Crippen LogP contribution in [0.4, 0.5) is 0 Å². The number of likely N-dealkylation sites (N-methyl/N-ethyl adjacent to an activating group) is 1. The van der Waals surface area contributed by atoms with Gasteiger partial charge in [0.05, 0.1) is 16.8 Å². The first-order valence-corrected chi connectivity index (χ1v) is 6.13. The average Bonchev–Trinajstić information content (AvgIpc) is 2.59. The Kier molecular flexibility index (Phi) is 4.33. The van der Waals surface area contributed by atoms with Crippen molar-refractivity contribution in [1.29, 1.82) is 0 Å². The van der Waals surface area contributed by atoms with Crippen molar-refractivity contribution >= 4 is 17.4 Å². The number of Topliss-reactive ketones (excluding diaryl/α,β-unsaturated/α-hetero) is 1. The molecule has 4 nitrogen and oxygen atoms in total. The van der Waals surface area contributed by atoms with Crippen molar-refractivity contribution in [2.24, 2.45) is 0 Å². The molecule has 0 unspecified atom stereocenters. The number of nitrogens with zero attached hydrogens (tertiary/aromatic N) is 3. The Morgan fingerprint density at radius 3 is 2.59 bits per heavy atom. The fraction of sp³-hybridized carbons (Fsp3) is 0.667. The van der Waals surface area contributed by atoms with Gasteiger partial charge in [0.25, 0.3) is 0 Å². The zero-order valence-corrected chi connectivity index (χ0v) is 11.9. The van der Waals surface area contributed by atoms with Gasteiger partial charge in [0.15, 0.2) is 0 Å². The molecule has 0 fully saturated rings. The molecule has 0 spiro atoms. The van der Waals surface area contributed by atoms with E-state index in [1.54, 1.807) is 4.68 Å². The second-order valence-corrected chi connectivity index (χ2v) is 5.25. The Morgan fingerprint density at radius 1 is 1.53 bits per heavy atom. The quantitative estimate of drug-likeness (QED) is 0.761. The highest BCUT2D eigenvalue weighted by Gasteiger charge is 2.34. The Balaban J connectivity index is 3.15. The standard InChI is InChI=1S/C12H20ClN3O/c1-6-7-16-10(9(13)8-14-16)11(17)12(2,3)15(4)5/h8H,6-7H2,1-5H3. The number of carbonyl (C=O) groups excluding carboxylic acids is 1. The lowest BCUT2D eigenvalue weighted by molar-refractivity contribution is 0.0743. The Hall–Kier alpha value is -0.870. The SMILES string of the molecule is CCCn1ncc(Cl)c1C(=O)C(C)(C)N(C)C. The van der Waals surface area contributed by atoms with E-state index in [1.165, 1.54) is 6.20 Å². The van der Waals surface area contributed by atoms with Crippen LogP contribution in [0.1, 0.15) is 37.7 Å². The van der Waals surface area contributed by atoms with Crippen molar-refractivity contribution in [1.82, 2.24) is 14.7 Å².